The van der Waals surface area contributed by atoms with Crippen molar-refractivity contribution in [3.8, 4) is 0 Å². The maximum absolute atomic E-state index is 10.7. The monoisotopic (exact) mass is 282 g/mol. The van der Waals surface area contributed by atoms with Crippen molar-refractivity contribution in [3.05, 3.63) is 71.3 Å². The lowest BCUT2D eigenvalue weighted by molar-refractivity contribution is 0.0608. The summed E-state index contributed by atoms with van der Waals surface area (Å²) in [6.07, 6.45) is 1.35. The van der Waals surface area contributed by atoms with Crippen LogP contribution in [0.5, 0.6) is 0 Å². The van der Waals surface area contributed by atoms with Gasteiger partial charge in [0.05, 0.1) is 5.60 Å². The Hall–Kier alpha value is -1.60. The van der Waals surface area contributed by atoms with E-state index in [2.05, 4.69) is 57.2 Å². The van der Waals surface area contributed by atoms with Gasteiger partial charge in [-0.05, 0) is 29.0 Å². The smallest absolute Gasteiger partial charge is 0.0700 e. The van der Waals surface area contributed by atoms with Gasteiger partial charge in [-0.1, -0.05) is 75.4 Å². The van der Waals surface area contributed by atoms with E-state index in [1.54, 1.807) is 0 Å². The van der Waals surface area contributed by atoms with Crippen molar-refractivity contribution in [2.45, 2.75) is 51.6 Å². The molecule has 1 nitrogen and oxygen atoms in total. The Morgan fingerprint density at radius 3 is 1.67 bits per heavy atom. The van der Waals surface area contributed by atoms with Gasteiger partial charge in [0.2, 0.25) is 0 Å². The van der Waals surface area contributed by atoms with Crippen LogP contribution in [0.4, 0.5) is 0 Å². The normalized spacial score (nSPS) is 14.7. The molecule has 2 aromatic carbocycles. The topological polar surface area (TPSA) is 20.2 Å². The first-order valence-electron chi connectivity index (χ1n) is 7.62. The van der Waals surface area contributed by atoms with Crippen molar-refractivity contribution in [2.75, 3.05) is 0 Å². The second-order valence-corrected chi connectivity index (χ2v) is 7.28. The van der Waals surface area contributed by atoms with E-state index in [0.29, 0.717) is 12.8 Å². The molecule has 1 atom stereocenters. The third-order valence-corrected chi connectivity index (χ3v) is 3.83. The summed E-state index contributed by atoms with van der Waals surface area (Å²) in [7, 11) is 0. The molecule has 0 heterocycles. The first kappa shape index (κ1) is 15.8. The van der Waals surface area contributed by atoms with Crippen LogP contribution in [-0.4, -0.2) is 10.7 Å². The number of hydrogen-bond acceptors (Lipinski definition) is 1. The zero-order chi connectivity index (χ0) is 15.5. The number of aliphatic hydroxyl groups is 1. The molecule has 1 heteroatoms. The predicted molar refractivity (Wildman–Crippen MR) is 89.6 cm³/mol. The highest BCUT2D eigenvalue weighted by Gasteiger charge is 2.22. The van der Waals surface area contributed by atoms with E-state index in [1.165, 1.54) is 16.7 Å². The Balaban J connectivity index is 2.06. The van der Waals surface area contributed by atoms with Gasteiger partial charge in [-0.3, -0.25) is 0 Å². The maximum atomic E-state index is 10.7. The Labute approximate surface area is 128 Å². The van der Waals surface area contributed by atoms with Gasteiger partial charge in [0.1, 0.15) is 0 Å². The van der Waals surface area contributed by atoms with Gasteiger partial charge in [-0.15, -0.1) is 0 Å². The van der Waals surface area contributed by atoms with Crippen molar-refractivity contribution in [3.63, 3.8) is 0 Å². The van der Waals surface area contributed by atoms with Crippen molar-refractivity contribution in [1.82, 2.24) is 0 Å². The quantitative estimate of drug-likeness (QED) is 0.874. The molecule has 0 aromatic heterocycles. The van der Waals surface area contributed by atoms with Gasteiger partial charge < -0.3 is 5.11 Å². The second-order valence-electron chi connectivity index (χ2n) is 7.28. The fourth-order valence-electron chi connectivity index (χ4n) is 2.66. The van der Waals surface area contributed by atoms with Gasteiger partial charge in [-0.25, -0.2) is 0 Å². The van der Waals surface area contributed by atoms with Gasteiger partial charge in [0.15, 0.2) is 0 Å². The summed E-state index contributed by atoms with van der Waals surface area (Å²) in [4.78, 5) is 0. The molecule has 0 aliphatic carbocycles. The van der Waals surface area contributed by atoms with Gasteiger partial charge in [0.25, 0.3) is 0 Å². The summed E-state index contributed by atoms with van der Waals surface area (Å²) in [6.45, 7) is 8.56. The molecule has 0 radical (unpaired) electrons. The summed E-state index contributed by atoms with van der Waals surface area (Å²) in [5.41, 5.74) is 3.14. The van der Waals surface area contributed by atoms with Crippen LogP contribution in [0, 0.1) is 0 Å². The van der Waals surface area contributed by atoms with Crippen LogP contribution in [0.3, 0.4) is 0 Å². The molecule has 0 aliphatic heterocycles. The van der Waals surface area contributed by atoms with Crippen LogP contribution in [0.25, 0.3) is 0 Å². The highest BCUT2D eigenvalue weighted by molar-refractivity contribution is 5.29. The molecule has 0 spiro atoms. The van der Waals surface area contributed by atoms with E-state index < -0.39 is 5.60 Å². The molecular formula is C20H26O. The highest BCUT2D eigenvalue weighted by atomic mass is 16.3. The van der Waals surface area contributed by atoms with Gasteiger partial charge in [-0.2, -0.15) is 0 Å². The largest absolute Gasteiger partial charge is 0.389 e. The first-order valence-corrected chi connectivity index (χ1v) is 7.62. The van der Waals surface area contributed by atoms with Crippen LogP contribution in [0.15, 0.2) is 54.6 Å². The lowest BCUT2D eigenvalue weighted by Gasteiger charge is -2.24. The molecule has 112 valence electrons. The Morgan fingerprint density at radius 2 is 1.19 bits per heavy atom. The van der Waals surface area contributed by atoms with Crippen molar-refractivity contribution < 1.29 is 5.11 Å². The van der Waals surface area contributed by atoms with Crippen LogP contribution < -0.4 is 0 Å². The van der Waals surface area contributed by atoms with E-state index in [1.807, 2.05) is 25.1 Å². The molecule has 1 unspecified atom stereocenters. The average Bonchev–Trinajstić information content (AvgIpc) is 2.38. The molecular weight excluding hydrogens is 256 g/mol. The Morgan fingerprint density at radius 1 is 0.714 bits per heavy atom. The predicted octanol–water partition coefficient (Wildman–Crippen LogP) is 4.52. The van der Waals surface area contributed by atoms with Gasteiger partial charge >= 0.3 is 0 Å². The summed E-state index contributed by atoms with van der Waals surface area (Å²) in [5, 5.41) is 10.7. The summed E-state index contributed by atoms with van der Waals surface area (Å²) in [6, 6.07) is 18.8. The van der Waals surface area contributed by atoms with E-state index >= 15 is 0 Å². The maximum Gasteiger partial charge on any atom is 0.0700 e. The molecule has 0 aliphatic rings. The molecule has 1 N–H and O–H groups in total. The van der Waals surface area contributed by atoms with E-state index in [0.717, 1.165) is 0 Å². The third-order valence-electron chi connectivity index (χ3n) is 3.83. The zero-order valence-corrected chi connectivity index (χ0v) is 13.6. The molecule has 0 fully saturated rings. The zero-order valence-electron chi connectivity index (χ0n) is 13.6. The van der Waals surface area contributed by atoms with Crippen LogP contribution in [-0.2, 0) is 18.3 Å². The Bertz CT molecular complexity index is 559. The first-order chi connectivity index (χ1) is 9.76. The SMILES string of the molecule is CC(O)(Cc1ccccc1)Cc1ccc(C(C)(C)C)cc1. The minimum absolute atomic E-state index is 0.172. The molecule has 21 heavy (non-hydrogen) atoms. The second kappa shape index (κ2) is 6.03. The van der Waals surface area contributed by atoms with Crippen molar-refractivity contribution >= 4 is 0 Å². The van der Waals surface area contributed by atoms with Crippen LogP contribution in [0.2, 0.25) is 0 Å². The van der Waals surface area contributed by atoms with Gasteiger partial charge in [0, 0.05) is 12.8 Å². The molecule has 0 amide bonds. The van der Waals surface area contributed by atoms with Crippen molar-refractivity contribution in [1.29, 1.82) is 0 Å². The molecule has 0 saturated heterocycles. The fourth-order valence-corrected chi connectivity index (χ4v) is 2.66. The molecule has 2 rings (SSSR count). The fraction of sp³-hybridized carbons (Fsp3) is 0.400. The number of rotatable bonds is 4. The molecule has 0 bridgehead atoms. The lowest BCUT2D eigenvalue weighted by Crippen LogP contribution is -2.30. The average molecular weight is 282 g/mol. The number of benzene rings is 2. The minimum Gasteiger partial charge on any atom is -0.389 e. The van der Waals surface area contributed by atoms with E-state index in [4.69, 9.17) is 0 Å². The summed E-state index contributed by atoms with van der Waals surface area (Å²) in [5.74, 6) is 0. The van der Waals surface area contributed by atoms with Crippen molar-refractivity contribution in [2.24, 2.45) is 0 Å². The summed E-state index contributed by atoms with van der Waals surface area (Å²) >= 11 is 0. The minimum atomic E-state index is -0.718. The summed E-state index contributed by atoms with van der Waals surface area (Å²) < 4.78 is 0. The standard InChI is InChI=1S/C20H26O/c1-19(2,3)18-12-10-17(11-13-18)15-20(4,21)14-16-8-6-5-7-9-16/h5-13,21H,14-15H2,1-4H3. The molecule has 0 saturated carbocycles. The van der Waals surface area contributed by atoms with E-state index in [-0.39, 0.29) is 5.41 Å². The van der Waals surface area contributed by atoms with E-state index in [9.17, 15) is 5.11 Å². The molecule has 2 aromatic rings. The van der Waals surface area contributed by atoms with Crippen LogP contribution >= 0.6 is 0 Å². The number of hydrogen-bond donors (Lipinski definition) is 1. The van der Waals surface area contributed by atoms with Crippen LogP contribution in [0.1, 0.15) is 44.4 Å². The third kappa shape index (κ3) is 4.71. The Kier molecular flexibility index (Phi) is 4.53. The highest BCUT2D eigenvalue weighted by Crippen LogP contribution is 2.24. The lowest BCUT2D eigenvalue weighted by atomic mass is 9.85.